The van der Waals surface area contributed by atoms with Crippen molar-refractivity contribution in [1.29, 1.82) is 0 Å². The van der Waals surface area contributed by atoms with Crippen LogP contribution in [-0.2, 0) is 9.53 Å². The SMILES string of the molecule is [CH2]=[Tl][CH](CC(=O)OCC)C(F)(F)F. The van der Waals surface area contributed by atoms with E-state index in [1.54, 1.807) is 6.92 Å². The first-order valence-electron chi connectivity index (χ1n) is 3.76. The van der Waals surface area contributed by atoms with Crippen molar-refractivity contribution >= 4 is 33.8 Å². The van der Waals surface area contributed by atoms with Gasteiger partial charge in [0, 0.05) is 0 Å². The van der Waals surface area contributed by atoms with E-state index >= 15 is 0 Å². The van der Waals surface area contributed by atoms with E-state index in [4.69, 9.17) is 0 Å². The Kier molecular flexibility index (Phi) is 5.74. The summed E-state index contributed by atoms with van der Waals surface area (Å²) in [5.41, 5.74) is 0. The van der Waals surface area contributed by atoms with Crippen LogP contribution in [-0.4, -0.2) is 46.6 Å². The molecule has 13 heavy (non-hydrogen) atoms. The number of esters is 1. The molecule has 0 aromatic carbocycles. The minimum absolute atomic E-state index is 0.121. The average molecular weight is 388 g/mol. The van der Waals surface area contributed by atoms with Crippen molar-refractivity contribution in [2.24, 2.45) is 0 Å². The molecule has 1 atom stereocenters. The standard InChI is InChI=1S/C6H8F3O2.CH2.Tl/c1-2-11-5(10)3-4-6(7,8)9;;/h4H,2-3H2,1H3;1H2;. The molecule has 1 unspecified atom stereocenters. The maximum atomic E-state index is 12.1. The quantitative estimate of drug-likeness (QED) is 0.539. The van der Waals surface area contributed by atoms with E-state index in [1.807, 2.05) is 0 Å². The summed E-state index contributed by atoms with van der Waals surface area (Å²) < 4.78 is 42.7. The van der Waals surface area contributed by atoms with Gasteiger partial charge in [0.15, 0.2) is 0 Å². The first-order valence-corrected chi connectivity index (χ1v) is 9.53. The fourth-order valence-electron chi connectivity index (χ4n) is 0.732. The van der Waals surface area contributed by atoms with Crippen molar-refractivity contribution in [3.63, 3.8) is 0 Å². The van der Waals surface area contributed by atoms with Gasteiger partial charge in [0.2, 0.25) is 0 Å². The number of carbonyl (C=O) groups excluding carboxylic acids is 1. The van der Waals surface area contributed by atoms with Crippen LogP contribution >= 0.6 is 0 Å². The predicted octanol–water partition coefficient (Wildman–Crippen LogP) is 1.43. The molecule has 0 amide bonds. The summed E-state index contributed by atoms with van der Waals surface area (Å²) in [4.78, 5) is 10.7. The van der Waals surface area contributed by atoms with Crippen molar-refractivity contribution in [3.8, 4) is 0 Å². The second-order valence-corrected chi connectivity index (χ2v) is 7.35. The second-order valence-electron chi connectivity index (χ2n) is 2.39. The van der Waals surface area contributed by atoms with Crippen molar-refractivity contribution in [2.75, 3.05) is 6.61 Å². The molecule has 0 saturated carbocycles. The van der Waals surface area contributed by atoms with Gasteiger partial charge in [0.25, 0.3) is 0 Å². The Balaban J connectivity index is 4.14. The molecule has 2 nitrogen and oxygen atoms in total. The third-order valence-corrected chi connectivity index (χ3v) is 5.99. The third kappa shape index (κ3) is 5.38. The average Bonchev–Trinajstić information content (AvgIpc) is 1.98. The van der Waals surface area contributed by atoms with E-state index in [-0.39, 0.29) is 6.61 Å². The van der Waals surface area contributed by atoms with Crippen LogP contribution in [0.1, 0.15) is 13.3 Å². The zero-order valence-electron chi connectivity index (χ0n) is 7.23. The normalized spacial score (nSPS) is 13.2. The predicted molar refractivity (Wildman–Crippen MR) is 43.9 cm³/mol. The summed E-state index contributed by atoms with van der Waals surface area (Å²) in [6, 6.07) is 0. The fraction of sp³-hybridized carbons (Fsp3) is 0.714. The Morgan fingerprint density at radius 3 is 2.46 bits per heavy atom. The van der Waals surface area contributed by atoms with Crippen LogP contribution in [0.5, 0.6) is 0 Å². The molecule has 0 spiro atoms. The Labute approximate surface area is 86.1 Å². The van der Waals surface area contributed by atoms with E-state index in [1.165, 1.54) is 0 Å². The Bertz CT molecular complexity index is 191. The zero-order valence-corrected chi connectivity index (χ0v) is 11.7. The van der Waals surface area contributed by atoms with Crippen LogP contribution in [0.25, 0.3) is 0 Å². The number of hydrogen-bond acceptors (Lipinski definition) is 2. The van der Waals surface area contributed by atoms with Gasteiger partial charge >= 0.3 is 86.1 Å². The number of ether oxygens (including phenoxy) is 1. The van der Waals surface area contributed by atoms with Gasteiger partial charge in [-0.15, -0.1) is 0 Å². The second kappa shape index (κ2) is 5.71. The fourth-order valence-corrected chi connectivity index (χ4v) is 3.17. The van der Waals surface area contributed by atoms with Gasteiger partial charge in [-0.1, -0.05) is 0 Å². The summed E-state index contributed by atoms with van der Waals surface area (Å²) >= 11 is -2.10. The molecule has 0 heterocycles. The molecule has 0 aromatic heterocycles. The third-order valence-electron chi connectivity index (χ3n) is 1.40. The molecule has 0 radical (unpaired) electrons. The van der Waals surface area contributed by atoms with Crippen molar-refractivity contribution in [1.82, 2.24) is 0 Å². The van der Waals surface area contributed by atoms with E-state index in [0.29, 0.717) is 0 Å². The van der Waals surface area contributed by atoms with Crippen molar-refractivity contribution in [3.05, 3.63) is 0 Å². The summed E-state index contributed by atoms with van der Waals surface area (Å²) in [5.74, 6) is -0.773. The van der Waals surface area contributed by atoms with Gasteiger partial charge in [-0.3, -0.25) is 0 Å². The van der Waals surface area contributed by atoms with Crippen LogP contribution < -0.4 is 0 Å². The monoisotopic (exact) mass is 388 g/mol. The van der Waals surface area contributed by atoms with E-state index in [9.17, 15) is 18.0 Å². The summed E-state index contributed by atoms with van der Waals surface area (Å²) in [6.45, 7) is 1.68. The van der Waals surface area contributed by atoms with Crippen molar-refractivity contribution in [2.45, 2.75) is 23.0 Å². The molecule has 0 aliphatic carbocycles. The molecule has 0 saturated heterocycles. The van der Waals surface area contributed by atoms with E-state index < -0.39 is 45.8 Å². The Morgan fingerprint density at radius 1 is 1.62 bits per heavy atom. The van der Waals surface area contributed by atoms with Crippen LogP contribution in [0.3, 0.4) is 0 Å². The van der Waals surface area contributed by atoms with Gasteiger partial charge in [-0.2, -0.15) is 0 Å². The molecule has 0 rings (SSSR count). The van der Waals surface area contributed by atoms with Gasteiger partial charge in [-0.05, 0) is 0 Å². The summed E-state index contributed by atoms with van der Waals surface area (Å²) in [6.07, 6.45) is -4.82. The van der Waals surface area contributed by atoms with Gasteiger partial charge in [0.1, 0.15) is 0 Å². The molecular formula is C7H10F3O2Tl. The van der Waals surface area contributed by atoms with E-state index in [0.717, 1.165) is 0 Å². The summed E-state index contributed by atoms with van der Waals surface area (Å²) in [5, 5.41) is 0. The van der Waals surface area contributed by atoms with Crippen LogP contribution in [0.2, 0.25) is 3.48 Å². The molecule has 74 valence electrons. The first-order chi connectivity index (χ1) is 5.91. The van der Waals surface area contributed by atoms with Crippen molar-refractivity contribution < 1.29 is 22.7 Å². The number of hydrogen-bond donors (Lipinski definition) is 0. The van der Waals surface area contributed by atoms with E-state index in [2.05, 4.69) is 8.80 Å². The molecule has 0 aliphatic rings. The first kappa shape index (κ1) is 13.1. The number of alkyl halides is 3. The minimum atomic E-state index is -4.27. The van der Waals surface area contributed by atoms with Gasteiger partial charge in [-0.25, -0.2) is 0 Å². The number of carbonyl (C=O) groups is 1. The molecule has 0 aromatic rings. The van der Waals surface area contributed by atoms with Crippen LogP contribution in [0.15, 0.2) is 0 Å². The summed E-state index contributed by atoms with van der Waals surface area (Å²) in [7, 11) is 0. The number of halogens is 3. The molecule has 0 fully saturated rings. The topological polar surface area (TPSA) is 26.3 Å². The molecule has 0 aliphatic heterocycles. The maximum absolute atomic E-state index is 12.1. The van der Waals surface area contributed by atoms with Crippen LogP contribution in [0, 0.1) is 0 Å². The van der Waals surface area contributed by atoms with Gasteiger partial charge in [0.05, 0.1) is 0 Å². The number of rotatable bonds is 4. The molecule has 6 heteroatoms. The van der Waals surface area contributed by atoms with Crippen LogP contribution in [0.4, 0.5) is 13.2 Å². The molecule has 0 N–H and O–H groups in total. The molecule has 0 bridgehead atoms. The Morgan fingerprint density at radius 2 is 2.15 bits per heavy atom. The molecular weight excluding hydrogens is 377 g/mol. The Hall–Kier alpha value is 0.0521. The zero-order chi connectivity index (χ0) is 10.5. The van der Waals surface area contributed by atoms with Gasteiger partial charge < -0.3 is 0 Å².